The van der Waals surface area contributed by atoms with Crippen LogP contribution in [0.2, 0.25) is 10.0 Å². The van der Waals surface area contributed by atoms with Gasteiger partial charge in [-0.25, -0.2) is 4.98 Å². The molecular formula is C10H14Cl2N2S. The molecular weight excluding hydrogens is 251 g/mol. The molecule has 0 radical (unpaired) electrons. The van der Waals surface area contributed by atoms with Crippen molar-refractivity contribution in [3.05, 3.63) is 22.3 Å². The van der Waals surface area contributed by atoms with Crippen molar-refractivity contribution in [1.82, 2.24) is 4.98 Å². The summed E-state index contributed by atoms with van der Waals surface area (Å²) in [6, 6.07) is 1.69. The van der Waals surface area contributed by atoms with Crippen LogP contribution in [0.25, 0.3) is 0 Å². The number of pyridine rings is 1. The van der Waals surface area contributed by atoms with E-state index in [0.29, 0.717) is 15.9 Å². The smallest absolute Gasteiger partial charge is 0.144 e. The van der Waals surface area contributed by atoms with Gasteiger partial charge < -0.3 is 5.32 Å². The van der Waals surface area contributed by atoms with E-state index in [9.17, 15) is 0 Å². The average molecular weight is 265 g/mol. The van der Waals surface area contributed by atoms with Crippen LogP contribution in [0, 0.1) is 0 Å². The minimum Gasteiger partial charge on any atom is -0.367 e. The third-order valence-electron chi connectivity index (χ3n) is 2.04. The van der Waals surface area contributed by atoms with Gasteiger partial charge in [0.2, 0.25) is 0 Å². The Morgan fingerprint density at radius 3 is 2.67 bits per heavy atom. The highest BCUT2D eigenvalue weighted by atomic mass is 35.5. The number of nitrogens with one attached hydrogen (secondary N) is 1. The van der Waals surface area contributed by atoms with Crippen LogP contribution >= 0.6 is 35.0 Å². The van der Waals surface area contributed by atoms with E-state index in [1.54, 1.807) is 24.0 Å². The lowest BCUT2D eigenvalue weighted by atomic mass is 10.2. The van der Waals surface area contributed by atoms with Gasteiger partial charge in [-0.1, -0.05) is 23.2 Å². The van der Waals surface area contributed by atoms with E-state index < -0.39 is 0 Å². The van der Waals surface area contributed by atoms with Gasteiger partial charge in [-0.3, -0.25) is 0 Å². The first-order valence-corrected chi connectivity index (χ1v) is 6.53. The van der Waals surface area contributed by atoms with E-state index in [2.05, 4.69) is 30.4 Å². The predicted molar refractivity (Wildman–Crippen MR) is 70.3 cm³/mol. The van der Waals surface area contributed by atoms with Crippen molar-refractivity contribution in [2.75, 3.05) is 18.1 Å². The average Bonchev–Trinajstić information content (AvgIpc) is 2.16. The number of hydrogen-bond donors (Lipinski definition) is 1. The molecule has 84 valence electrons. The second-order valence-electron chi connectivity index (χ2n) is 3.80. The maximum absolute atomic E-state index is 5.99. The van der Waals surface area contributed by atoms with E-state index in [-0.39, 0.29) is 4.75 Å². The van der Waals surface area contributed by atoms with Crippen LogP contribution in [-0.4, -0.2) is 22.5 Å². The van der Waals surface area contributed by atoms with Gasteiger partial charge in [0.25, 0.3) is 0 Å². The lowest BCUT2D eigenvalue weighted by Crippen LogP contribution is -2.26. The van der Waals surface area contributed by atoms with Crippen molar-refractivity contribution in [3.8, 4) is 0 Å². The molecule has 0 spiro atoms. The molecule has 0 atom stereocenters. The van der Waals surface area contributed by atoms with Crippen LogP contribution in [0.5, 0.6) is 0 Å². The highest BCUT2D eigenvalue weighted by Crippen LogP contribution is 2.25. The van der Waals surface area contributed by atoms with Crippen LogP contribution < -0.4 is 5.32 Å². The fourth-order valence-corrected chi connectivity index (χ4v) is 1.58. The fourth-order valence-electron chi connectivity index (χ4n) is 0.913. The van der Waals surface area contributed by atoms with E-state index in [4.69, 9.17) is 23.2 Å². The highest BCUT2D eigenvalue weighted by Gasteiger charge is 2.16. The number of hydrogen-bond acceptors (Lipinski definition) is 3. The Morgan fingerprint density at radius 1 is 1.47 bits per heavy atom. The molecule has 0 aromatic carbocycles. The molecule has 0 saturated carbocycles. The highest BCUT2D eigenvalue weighted by molar-refractivity contribution is 7.99. The first kappa shape index (κ1) is 12.9. The molecule has 0 amide bonds. The summed E-state index contributed by atoms with van der Waals surface area (Å²) in [5.74, 6) is 0.684. The van der Waals surface area contributed by atoms with Crippen LogP contribution in [0.3, 0.4) is 0 Å². The molecule has 2 nitrogen and oxygen atoms in total. The Kier molecular flexibility index (Phi) is 4.56. The number of aromatic nitrogens is 1. The Hall–Kier alpha value is -0.120. The van der Waals surface area contributed by atoms with Gasteiger partial charge >= 0.3 is 0 Å². The summed E-state index contributed by atoms with van der Waals surface area (Å²) in [5, 5.41) is 4.31. The van der Waals surface area contributed by atoms with E-state index in [0.717, 1.165) is 6.54 Å². The molecule has 1 rings (SSSR count). The molecule has 0 bridgehead atoms. The first-order valence-electron chi connectivity index (χ1n) is 4.55. The Morgan fingerprint density at radius 2 is 2.13 bits per heavy atom. The van der Waals surface area contributed by atoms with Crippen molar-refractivity contribution in [1.29, 1.82) is 0 Å². The molecule has 0 unspecified atom stereocenters. The summed E-state index contributed by atoms with van der Waals surface area (Å²) >= 11 is 13.5. The van der Waals surface area contributed by atoms with Crippen LogP contribution in [0.1, 0.15) is 13.8 Å². The molecule has 1 heterocycles. The third kappa shape index (κ3) is 4.09. The van der Waals surface area contributed by atoms with E-state index >= 15 is 0 Å². The standard InChI is InChI=1S/C10H14Cl2N2S/c1-10(2,15-3)6-14-9-8(12)4-7(11)5-13-9/h4-5H,6H2,1-3H3,(H,13,14). The minimum absolute atomic E-state index is 0.157. The van der Waals surface area contributed by atoms with Crippen molar-refractivity contribution < 1.29 is 0 Å². The zero-order chi connectivity index (χ0) is 11.5. The monoisotopic (exact) mass is 264 g/mol. The molecule has 0 aliphatic rings. The van der Waals surface area contributed by atoms with Gasteiger partial charge in [-0.05, 0) is 26.2 Å². The molecule has 1 N–H and O–H groups in total. The lowest BCUT2D eigenvalue weighted by Gasteiger charge is -2.22. The maximum atomic E-state index is 5.99. The van der Waals surface area contributed by atoms with Crippen molar-refractivity contribution in [2.24, 2.45) is 0 Å². The summed E-state index contributed by atoms with van der Waals surface area (Å²) in [6.07, 6.45) is 3.67. The number of rotatable bonds is 4. The molecule has 5 heteroatoms. The SMILES string of the molecule is CSC(C)(C)CNc1ncc(Cl)cc1Cl. The molecule has 0 saturated heterocycles. The second-order valence-corrected chi connectivity index (χ2v) is 6.16. The van der Waals surface area contributed by atoms with Crippen LogP contribution in [-0.2, 0) is 0 Å². The molecule has 15 heavy (non-hydrogen) atoms. The van der Waals surface area contributed by atoms with Gasteiger partial charge in [-0.15, -0.1) is 0 Å². The topological polar surface area (TPSA) is 24.9 Å². The van der Waals surface area contributed by atoms with Crippen molar-refractivity contribution in [3.63, 3.8) is 0 Å². The normalized spacial score (nSPS) is 11.5. The fraction of sp³-hybridized carbons (Fsp3) is 0.500. The van der Waals surface area contributed by atoms with Gasteiger partial charge in [-0.2, -0.15) is 11.8 Å². The van der Waals surface area contributed by atoms with Gasteiger partial charge in [0, 0.05) is 17.5 Å². The lowest BCUT2D eigenvalue weighted by molar-refractivity contribution is 0.750. The van der Waals surface area contributed by atoms with E-state index in [1.165, 1.54) is 0 Å². The summed E-state index contributed by atoms with van der Waals surface area (Å²) in [6.45, 7) is 5.13. The van der Waals surface area contributed by atoms with Gasteiger partial charge in [0.1, 0.15) is 5.82 Å². The number of anilines is 1. The third-order valence-corrected chi connectivity index (χ3v) is 3.79. The first-order chi connectivity index (χ1) is 6.94. The summed E-state index contributed by atoms with van der Waals surface area (Å²) in [4.78, 5) is 4.13. The quantitative estimate of drug-likeness (QED) is 0.892. The zero-order valence-corrected chi connectivity index (χ0v) is 11.3. The maximum Gasteiger partial charge on any atom is 0.144 e. The van der Waals surface area contributed by atoms with Crippen LogP contribution in [0.4, 0.5) is 5.82 Å². The molecule has 0 fully saturated rings. The minimum atomic E-state index is 0.157. The van der Waals surface area contributed by atoms with Gasteiger partial charge in [0.15, 0.2) is 0 Å². The predicted octanol–water partition coefficient (Wildman–Crippen LogP) is 3.94. The molecule has 0 aliphatic carbocycles. The van der Waals surface area contributed by atoms with Crippen LogP contribution in [0.15, 0.2) is 12.3 Å². The van der Waals surface area contributed by atoms with Crippen molar-refractivity contribution in [2.45, 2.75) is 18.6 Å². The van der Waals surface area contributed by atoms with E-state index in [1.807, 2.05) is 0 Å². The largest absolute Gasteiger partial charge is 0.367 e. The Balaban J connectivity index is 2.66. The Labute approximate surface area is 105 Å². The summed E-state index contributed by atoms with van der Waals surface area (Å²) in [7, 11) is 0. The van der Waals surface area contributed by atoms with Crippen molar-refractivity contribution >= 4 is 40.8 Å². The molecule has 0 aliphatic heterocycles. The number of thioether (sulfide) groups is 1. The number of nitrogens with zero attached hydrogens (tertiary/aromatic N) is 1. The molecule has 1 aromatic heterocycles. The zero-order valence-electron chi connectivity index (χ0n) is 8.97. The Bertz CT molecular complexity index is 342. The number of halogens is 2. The summed E-state index contributed by atoms with van der Waals surface area (Å²) in [5.41, 5.74) is 0. The van der Waals surface area contributed by atoms with Gasteiger partial charge in [0.05, 0.1) is 10.0 Å². The summed E-state index contributed by atoms with van der Waals surface area (Å²) < 4.78 is 0.157. The molecule has 1 aromatic rings. The second kappa shape index (κ2) is 5.28.